The average Bonchev–Trinajstić information content (AvgIpc) is 3.08. The van der Waals surface area contributed by atoms with Gasteiger partial charge in [0.25, 0.3) is 0 Å². The lowest BCUT2D eigenvalue weighted by molar-refractivity contribution is -0.119. The minimum atomic E-state index is -3.68. The Morgan fingerprint density at radius 1 is 1.00 bits per heavy atom. The molecule has 25 heavy (non-hydrogen) atoms. The molecule has 2 aromatic rings. The number of sulfonamides is 1. The van der Waals surface area contributed by atoms with Crippen LogP contribution in [-0.4, -0.2) is 31.2 Å². The van der Waals surface area contributed by atoms with Gasteiger partial charge in [-0.1, -0.05) is 35.4 Å². The van der Waals surface area contributed by atoms with Crippen molar-refractivity contribution in [3.05, 3.63) is 59.7 Å². The molecule has 1 fully saturated rings. The minimum Gasteiger partial charge on any atom is -0.325 e. The van der Waals surface area contributed by atoms with E-state index in [1.165, 1.54) is 4.31 Å². The molecule has 1 N–H and O–H groups in total. The first-order valence-electron chi connectivity index (χ1n) is 8.34. The predicted molar refractivity (Wildman–Crippen MR) is 97.9 cm³/mol. The zero-order valence-electron chi connectivity index (χ0n) is 14.4. The number of aryl methyl sites for hydroxylation is 2. The van der Waals surface area contributed by atoms with Crippen molar-refractivity contribution < 1.29 is 13.2 Å². The second-order valence-electron chi connectivity index (χ2n) is 6.44. The van der Waals surface area contributed by atoms with Crippen molar-refractivity contribution in [1.29, 1.82) is 0 Å². The Morgan fingerprint density at radius 2 is 1.56 bits per heavy atom. The summed E-state index contributed by atoms with van der Waals surface area (Å²) in [6.07, 6.45) is 1.21. The summed E-state index contributed by atoms with van der Waals surface area (Å²) in [6.45, 7) is 4.24. The smallest absolute Gasteiger partial charge is 0.243 e. The molecule has 0 unspecified atom stereocenters. The maximum Gasteiger partial charge on any atom is 0.243 e. The molecule has 132 valence electrons. The van der Waals surface area contributed by atoms with Crippen LogP contribution >= 0.6 is 0 Å². The van der Waals surface area contributed by atoms with E-state index in [4.69, 9.17) is 0 Å². The molecule has 0 radical (unpaired) electrons. The number of hydrogen-bond donors (Lipinski definition) is 1. The zero-order chi connectivity index (χ0) is 18.0. The van der Waals surface area contributed by atoms with Gasteiger partial charge in [0.2, 0.25) is 15.9 Å². The third kappa shape index (κ3) is 3.75. The summed E-state index contributed by atoms with van der Waals surface area (Å²) in [5, 5.41) is 2.83. The van der Waals surface area contributed by atoms with Crippen molar-refractivity contribution in [2.75, 3.05) is 11.9 Å². The monoisotopic (exact) mass is 358 g/mol. The number of nitrogens with one attached hydrogen (secondary N) is 1. The van der Waals surface area contributed by atoms with Crippen molar-refractivity contribution in [3.8, 4) is 0 Å². The molecule has 1 amide bonds. The summed E-state index contributed by atoms with van der Waals surface area (Å²) < 4.78 is 27.1. The fourth-order valence-electron chi connectivity index (χ4n) is 3.00. The molecule has 1 aliphatic rings. The molecule has 2 aromatic carbocycles. The maximum atomic E-state index is 12.9. The molecular formula is C19H22N2O3S. The van der Waals surface area contributed by atoms with E-state index < -0.39 is 16.1 Å². The second kappa shape index (κ2) is 6.98. The van der Waals surface area contributed by atoms with Crippen molar-refractivity contribution in [2.45, 2.75) is 37.6 Å². The van der Waals surface area contributed by atoms with E-state index in [1.54, 1.807) is 24.3 Å². The van der Waals surface area contributed by atoms with Gasteiger partial charge in [0.1, 0.15) is 6.04 Å². The maximum absolute atomic E-state index is 12.9. The van der Waals surface area contributed by atoms with Crippen LogP contribution < -0.4 is 5.32 Å². The standard InChI is InChI=1S/C19H22N2O3S/c1-14-5-9-16(10-6-14)20-19(22)18-4-3-13-21(18)25(23,24)17-11-7-15(2)8-12-17/h5-12,18H,3-4,13H2,1-2H3,(H,20,22)/t18-/m1/s1. The number of carbonyl (C=O) groups excluding carboxylic acids is 1. The number of rotatable bonds is 4. The number of benzene rings is 2. The van der Waals surface area contributed by atoms with Crippen LogP contribution in [0.15, 0.2) is 53.4 Å². The molecule has 1 aliphatic heterocycles. The summed E-state index contributed by atoms with van der Waals surface area (Å²) in [4.78, 5) is 12.9. The molecule has 0 bridgehead atoms. The molecule has 3 rings (SSSR count). The van der Waals surface area contributed by atoms with Crippen LogP contribution in [-0.2, 0) is 14.8 Å². The van der Waals surface area contributed by atoms with Crippen LogP contribution in [0, 0.1) is 13.8 Å². The topological polar surface area (TPSA) is 66.5 Å². The molecule has 1 atom stereocenters. The summed E-state index contributed by atoms with van der Waals surface area (Å²) in [5.74, 6) is -0.281. The molecule has 6 heteroatoms. The van der Waals surface area contributed by atoms with Gasteiger partial charge >= 0.3 is 0 Å². The molecule has 0 aliphatic carbocycles. The highest BCUT2D eigenvalue weighted by Gasteiger charge is 2.39. The Balaban J connectivity index is 1.80. The Bertz CT molecular complexity index is 859. The highest BCUT2D eigenvalue weighted by Crippen LogP contribution is 2.27. The zero-order valence-corrected chi connectivity index (χ0v) is 15.2. The van der Waals surface area contributed by atoms with Gasteiger partial charge in [0.15, 0.2) is 0 Å². The van der Waals surface area contributed by atoms with Crippen LogP contribution in [0.25, 0.3) is 0 Å². The summed E-state index contributed by atoms with van der Waals surface area (Å²) >= 11 is 0. The van der Waals surface area contributed by atoms with Gasteiger partial charge in [-0.25, -0.2) is 8.42 Å². The largest absolute Gasteiger partial charge is 0.325 e. The van der Waals surface area contributed by atoms with E-state index in [0.717, 1.165) is 11.1 Å². The van der Waals surface area contributed by atoms with Crippen molar-refractivity contribution >= 4 is 21.6 Å². The normalized spacial score (nSPS) is 18.2. The van der Waals surface area contributed by atoms with Crippen molar-refractivity contribution in [2.24, 2.45) is 0 Å². The van der Waals surface area contributed by atoms with Gasteiger partial charge in [0, 0.05) is 12.2 Å². The first-order valence-corrected chi connectivity index (χ1v) is 9.78. The molecule has 1 heterocycles. The van der Waals surface area contributed by atoms with Crippen molar-refractivity contribution in [3.63, 3.8) is 0 Å². The van der Waals surface area contributed by atoms with Gasteiger partial charge in [-0.05, 0) is 51.0 Å². The molecular weight excluding hydrogens is 336 g/mol. The van der Waals surface area contributed by atoms with Gasteiger partial charge < -0.3 is 5.32 Å². The van der Waals surface area contributed by atoms with Crippen LogP contribution in [0.3, 0.4) is 0 Å². The highest BCUT2D eigenvalue weighted by molar-refractivity contribution is 7.89. The van der Waals surface area contributed by atoms with Crippen LogP contribution in [0.1, 0.15) is 24.0 Å². The molecule has 0 spiro atoms. The third-order valence-electron chi connectivity index (χ3n) is 4.45. The highest BCUT2D eigenvalue weighted by atomic mass is 32.2. The van der Waals surface area contributed by atoms with Crippen molar-refractivity contribution in [1.82, 2.24) is 4.31 Å². The lowest BCUT2D eigenvalue weighted by Crippen LogP contribution is -2.43. The molecule has 1 saturated heterocycles. The lowest BCUT2D eigenvalue weighted by Gasteiger charge is -2.23. The summed E-state index contributed by atoms with van der Waals surface area (Å²) in [5.41, 5.74) is 2.77. The number of hydrogen-bond acceptors (Lipinski definition) is 3. The van der Waals surface area contributed by atoms with E-state index in [-0.39, 0.29) is 10.8 Å². The summed E-state index contributed by atoms with van der Waals surface area (Å²) in [7, 11) is -3.68. The Labute approximate surface area is 148 Å². The predicted octanol–water partition coefficient (Wildman–Crippen LogP) is 3.10. The van der Waals surface area contributed by atoms with Gasteiger partial charge in [0.05, 0.1) is 4.90 Å². The third-order valence-corrected chi connectivity index (χ3v) is 6.38. The Hall–Kier alpha value is -2.18. The lowest BCUT2D eigenvalue weighted by atomic mass is 10.2. The minimum absolute atomic E-state index is 0.230. The Kier molecular flexibility index (Phi) is 4.92. The van der Waals surface area contributed by atoms with Gasteiger partial charge in [-0.3, -0.25) is 4.79 Å². The second-order valence-corrected chi connectivity index (χ2v) is 8.33. The molecule has 5 nitrogen and oxygen atoms in total. The number of anilines is 1. The molecule has 0 saturated carbocycles. The van der Waals surface area contributed by atoms with Gasteiger partial charge in [-0.15, -0.1) is 0 Å². The average molecular weight is 358 g/mol. The van der Waals surface area contributed by atoms with Crippen LogP contribution in [0.4, 0.5) is 5.69 Å². The SMILES string of the molecule is Cc1ccc(NC(=O)[C@H]2CCCN2S(=O)(=O)c2ccc(C)cc2)cc1. The quantitative estimate of drug-likeness (QED) is 0.913. The fraction of sp³-hybridized carbons (Fsp3) is 0.316. The van der Waals surface area contributed by atoms with Crippen LogP contribution in [0.2, 0.25) is 0 Å². The van der Waals surface area contributed by atoms with E-state index in [9.17, 15) is 13.2 Å². The first kappa shape index (κ1) is 17.6. The number of carbonyl (C=O) groups is 1. The summed E-state index contributed by atoms with van der Waals surface area (Å²) in [6, 6.07) is 13.5. The van der Waals surface area contributed by atoms with E-state index in [2.05, 4.69) is 5.32 Å². The Morgan fingerprint density at radius 3 is 2.16 bits per heavy atom. The number of nitrogens with zero attached hydrogens (tertiary/aromatic N) is 1. The van der Waals surface area contributed by atoms with E-state index in [0.29, 0.717) is 25.1 Å². The fourth-order valence-corrected chi connectivity index (χ4v) is 4.65. The first-order chi connectivity index (χ1) is 11.9. The number of amides is 1. The van der Waals surface area contributed by atoms with Crippen LogP contribution in [0.5, 0.6) is 0 Å². The van der Waals surface area contributed by atoms with E-state index >= 15 is 0 Å². The van der Waals surface area contributed by atoms with E-state index in [1.807, 2.05) is 38.1 Å². The molecule has 0 aromatic heterocycles. The van der Waals surface area contributed by atoms with Gasteiger partial charge in [-0.2, -0.15) is 4.31 Å².